The summed E-state index contributed by atoms with van der Waals surface area (Å²) in [5.74, 6) is -0.903. The molecule has 0 radical (unpaired) electrons. The second-order valence-electron chi connectivity index (χ2n) is 6.28. The molecule has 0 saturated heterocycles. The minimum atomic E-state index is -4.04. The van der Waals surface area contributed by atoms with Gasteiger partial charge in [-0.25, -0.2) is 12.8 Å². The van der Waals surface area contributed by atoms with Gasteiger partial charge in [0.05, 0.1) is 19.1 Å². The van der Waals surface area contributed by atoms with E-state index in [0.29, 0.717) is 25.1 Å². The largest absolute Gasteiger partial charge is 0.495 e. The Kier molecular flexibility index (Phi) is 5.10. The predicted octanol–water partition coefficient (Wildman–Crippen LogP) is 3.23. The third kappa shape index (κ3) is 3.75. The number of halogens is 1. The summed E-state index contributed by atoms with van der Waals surface area (Å²) in [5.41, 5.74) is 0.455. The molecule has 2 aromatic carbocycles. The predicted molar refractivity (Wildman–Crippen MR) is 97.7 cm³/mol. The van der Waals surface area contributed by atoms with E-state index in [2.05, 4.69) is 4.72 Å². The molecule has 1 fully saturated rings. The Morgan fingerprint density at radius 3 is 2.41 bits per heavy atom. The van der Waals surface area contributed by atoms with Crippen molar-refractivity contribution in [3.63, 3.8) is 0 Å². The van der Waals surface area contributed by atoms with Gasteiger partial charge in [-0.15, -0.1) is 0 Å². The van der Waals surface area contributed by atoms with Gasteiger partial charge in [0.25, 0.3) is 10.0 Å². The maximum Gasteiger partial charge on any atom is 0.316 e. The summed E-state index contributed by atoms with van der Waals surface area (Å²) in [6.07, 6.45) is 1.41. The molecule has 0 aromatic heterocycles. The Labute approximate surface area is 157 Å². The monoisotopic (exact) mass is 393 g/mol. The molecule has 2 aromatic rings. The fourth-order valence-corrected chi connectivity index (χ4v) is 4.17. The molecular weight excluding hydrogens is 373 g/mol. The van der Waals surface area contributed by atoms with E-state index in [9.17, 15) is 17.6 Å². The Morgan fingerprint density at radius 1 is 1.19 bits per heavy atom. The van der Waals surface area contributed by atoms with Crippen molar-refractivity contribution in [2.24, 2.45) is 0 Å². The first-order valence-corrected chi connectivity index (χ1v) is 9.95. The lowest BCUT2D eigenvalue weighted by Crippen LogP contribution is -2.23. The number of hydrogen-bond donors (Lipinski definition) is 1. The second-order valence-corrected chi connectivity index (χ2v) is 7.93. The smallest absolute Gasteiger partial charge is 0.316 e. The number of esters is 1. The van der Waals surface area contributed by atoms with E-state index in [0.717, 1.165) is 17.7 Å². The number of benzene rings is 2. The zero-order valence-electron chi connectivity index (χ0n) is 15.0. The van der Waals surface area contributed by atoms with Gasteiger partial charge >= 0.3 is 5.97 Å². The summed E-state index contributed by atoms with van der Waals surface area (Å²) in [4.78, 5) is 11.9. The number of methoxy groups -OCH3 is 1. The number of sulfonamides is 1. The fraction of sp³-hybridized carbons (Fsp3) is 0.316. The van der Waals surface area contributed by atoms with Crippen LogP contribution < -0.4 is 9.46 Å². The van der Waals surface area contributed by atoms with Crippen LogP contribution in [0, 0.1) is 5.82 Å². The minimum Gasteiger partial charge on any atom is -0.495 e. The number of ether oxygens (including phenoxy) is 2. The average Bonchev–Trinajstić information content (AvgIpc) is 3.44. The molecule has 8 heteroatoms. The van der Waals surface area contributed by atoms with E-state index < -0.39 is 21.3 Å². The molecule has 0 amide bonds. The lowest BCUT2D eigenvalue weighted by Gasteiger charge is -2.15. The number of rotatable bonds is 7. The topological polar surface area (TPSA) is 81.7 Å². The average molecular weight is 393 g/mol. The number of nitrogens with one attached hydrogen (secondary N) is 1. The maximum atomic E-state index is 13.5. The number of anilines is 1. The lowest BCUT2D eigenvalue weighted by atomic mass is 9.96. The van der Waals surface area contributed by atoms with Crippen LogP contribution in [0.5, 0.6) is 5.75 Å². The highest BCUT2D eigenvalue weighted by Gasteiger charge is 2.52. The van der Waals surface area contributed by atoms with Crippen LogP contribution >= 0.6 is 0 Å². The Hall–Kier alpha value is -2.61. The van der Waals surface area contributed by atoms with E-state index in [4.69, 9.17) is 9.47 Å². The summed E-state index contributed by atoms with van der Waals surface area (Å²) < 4.78 is 51.2. The lowest BCUT2D eigenvalue weighted by molar-refractivity contribution is -0.146. The Morgan fingerprint density at radius 2 is 1.85 bits per heavy atom. The summed E-state index contributed by atoms with van der Waals surface area (Å²) in [5, 5.41) is 0. The Balaban J connectivity index is 1.83. The van der Waals surface area contributed by atoms with Crippen LogP contribution in [0.4, 0.5) is 10.1 Å². The highest BCUT2D eigenvalue weighted by Crippen LogP contribution is 2.49. The molecule has 1 N–H and O–H groups in total. The van der Waals surface area contributed by atoms with Crippen molar-refractivity contribution in [1.29, 1.82) is 0 Å². The number of carbonyl (C=O) groups excluding carboxylic acids is 1. The van der Waals surface area contributed by atoms with Crippen LogP contribution in [0.1, 0.15) is 25.3 Å². The van der Waals surface area contributed by atoms with Crippen LogP contribution in [0.2, 0.25) is 0 Å². The molecule has 0 unspecified atom stereocenters. The summed E-state index contributed by atoms with van der Waals surface area (Å²) >= 11 is 0. The van der Waals surface area contributed by atoms with Crippen molar-refractivity contribution in [2.75, 3.05) is 18.4 Å². The van der Waals surface area contributed by atoms with Gasteiger partial charge in [-0.2, -0.15) is 0 Å². The van der Waals surface area contributed by atoms with Gasteiger partial charge in [-0.1, -0.05) is 12.1 Å². The molecule has 1 aliphatic rings. The molecule has 1 aliphatic carbocycles. The SMILES string of the molecule is CCOC(=O)C1(c2ccc(NS(=O)(=O)c3cc(F)ccc3OC)cc2)CC1. The molecule has 3 rings (SSSR count). The minimum absolute atomic E-state index is 0.0414. The van der Waals surface area contributed by atoms with E-state index in [1.54, 1.807) is 31.2 Å². The van der Waals surface area contributed by atoms with Crippen LogP contribution in [-0.2, 0) is 25.0 Å². The molecule has 6 nitrogen and oxygen atoms in total. The molecular formula is C19H20FNO5S. The number of hydrogen-bond acceptors (Lipinski definition) is 5. The molecule has 0 aliphatic heterocycles. The highest BCUT2D eigenvalue weighted by molar-refractivity contribution is 7.92. The van der Waals surface area contributed by atoms with Crippen LogP contribution in [0.25, 0.3) is 0 Å². The van der Waals surface area contributed by atoms with Gasteiger partial charge in [0.2, 0.25) is 0 Å². The first-order chi connectivity index (χ1) is 12.8. The summed E-state index contributed by atoms with van der Waals surface area (Å²) in [6.45, 7) is 2.07. The van der Waals surface area contributed by atoms with Crippen molar-refractivity contribution in [2.45, 2.75) is 30.1 Å². The van der Waals surface area contributed by atoms with E-state index in [1.165, 1.54) is 13.2 Å². The first kappa shape index (κ1) is 19.2. The van der Waals surface area contributed by atoms with Crippen molar-refractivity contribution in [3.8, 4) is 5.75 Å². The zero-order valence-corrected chi connectivity index (χ0v) is 15.8. The van der Waals surface area contributed by atoms with E-state index in [-0.39, 0.29) is 16.6 Å². The maximum absolute atomic E-state index is 13.5. The van der Waals surface area contributed by atoms with Crippen LogP contribution in [-0.4, -0.2) is 28.1 Å². The quantitative estimate of drug-likeness (QED) is 0.731. The summed E-state index contributed by atoms with van der Waals surface area (Å²) in [7, 11) is -2.73. The molecule has 0 atom stereocenters. The molecule has 1 saturated carbocycles. The van der Waals surface area contributed by atoms with E-state index in [1.807, 2.05) is 0 Å². The first-order valence-electron chi connectivity index (χ1n) is 8.46. The van der Waals surface area contributed by atoms with Crippen LogP contribution in [0.15, 0.2) is 47.4 Å². The molecule has 144 valence electrons. The number of carbonyl (C=O) groups is 1. The van der Waals surface area contributed by atoms with E-state index >= 15 is 0 Å². The van der Waals surface area contributed by atoms with Crippen molar-refractivity contribution < 1.29 is 27.1 Å². The van der Waals surface area contributed by atoms with Gasteiger partial charge in [-0.05, 0) is 55.7 Å². The molecule has 27 heavy (non-hydrogen) atoms. The summed E-state index contributed by atoms with van der Waals surface area (Å²) in [6, 6.07) is 9.81. The molecule has 0 heterocycles. The van der Waals surface area contributed by atoms with Crippen molar-refractivity contribution >= 4 is 21.7 Å². The fourth-order valence-electron chi connectivity index (χ4n) is 2.93. The second kappa shape index (κ2) is 7.19. The Bertz CT molecular complexity index is 953. The van der Waals surface area contributed by atoms with Gasteiger partial charge in [0.15, 0.2) is 0 Å². The third-order valence-electron chi connectivity index (χ3n) is 4.52. The van der Waals surface area contributed by atoms with Gasteiger partial charge < -0.3 is 9.47 Å². The highest BCUT2D eigenvalue weighted by atomic mass is 32.2. The molecule has 0 spiro atoms. The standard InChI is InChI=1S/C19H20FNO5S/c1-3-26-18(22)19(10-11-19)13-4-7-15(8-5-13)21-27(23,24)17-12-14(20)6-9-16(17)25-2/h4-9,12,21H,3,10-11H2,1-2H3. The normalized spacial score (nSPS) is 15.1. The van der Waals surface area contributed by atoms with Crippen molar-refractivity contribution in [1.82, 2.24) is 0 Å². The van der Waals surface area contributed by atoms with Crippen LogP contribution in [0.3, 0.4) is 0 Å². The van der Waals surface area contributed by atoms with Gasteiger partial charge in [0.1, 0.15) is 16.5 Å². The molecule has 0 bridgehead atoms. The van der Waals surface area contributed by atoms with Crippen molar-refractivity contribution in [3.05, 3.63) is 53.8 Å². The van der Waals surface area contributed by atoms with Gasteiger partial charge in [-0.3, -0.25) is 9.52 Å². The van der Waals surface area contributed by atoms with Gasteiger partial charge in [0, 0.05) is 5.69 Å². The zero-order chi connectivity index (χ0) is 19.7. The third-order valence-corrected chi connectivity index (χ3v) is 5.92.